The largest absolute Gasteiger partial charge is 0.468 e. The molecule has 7 nitrogen and oxygen atoms in total. The van der Waals surface area contributed by atoms with Crippen LogP contribution in [-0.2, 0) is 28.6 Å². The summed E-state index contributed by atoms with van der Waals surface area (Å²) in [6.45, 7) is 9.90. The number of Topliss-reactive ketones (excluding diaryl/α,β-unsaturated/α-hetero) is 1. The topological polar surface area (TPSA) is 90.9 Å². The Kier molecular flexibility index (Phi) is 7.56. The maximum Gasteiger partial charge on any atom is 0.336 e. The Morgan fingerprint density at radius 3 is 2.53 bits per heavy atom. The SMILES string of the molecule is COC(=O)[C@@H]1C(=O)C2=C(C[C@H]1C)NC(C)=C(C(=O)OCCOC(C)C)[C@H]2c1ccc(C)s1. The number of thiophene rings is 1. The third-order valence-electron chi connectivity index (χ3n) is 5.78. The van der Waals surface area contributed by atoms with E-state index in [4.69, 9.17) is 14.2 Å². The number of dihydropyridines is 1. The van der Waals surface area contributed by atoms with E-state index in [2.05, 4.69) is 5.32 Å². The third kappa shape index (κ3) is 4.81. The maximum absolute atomic E-state index is 13.6. The van der Waals surface area contributed by atoms with Gasteiger partial charge in [-0.25, -0.2) is 4.79 Å². The highest BCUT2D eigenvalue weighted by atomic mass is 32.1. The lowest BCUT2D eigenvalue weighted by Gasteiger charge is -2.37. The van der Waals surface area contributed by atoms with Crippen LogP contribution in [0.2, 0.25) is 0 Å². The van der Waals surface area contributed by atoms with E-state index >= 15 is 0 Å². The van der Waals surface area contributed by atoms with Gasteiger partial charge in [0, 0.05) is 26.7 Å². The number of carbonyl (C=O) groups excluding carboxylic acids is 3. The molecule has 0 amide bonds. The molecular formula is C24H31NO6S. The molecule has 0 bridgehead atoms. The molecule has 32 heavy (non-hydrogen) atoms. The number of ether oxygens (including phenoxy) is 3. The predicted octanol–water partition coefficient (Wildman–Crippen LogP) is 3.64. The van der Waals surface area contributed by atoms with E-state index in [0.717, 1.165) is 15.5 Å². The summed E-state index contributed by atoms with van der Waals surface area (Å²) in [5.74, 6) is -3.02. The first kappa shape index (κ1) is 24.2. The lowest BCUT2D eigenvalue weighted by atomic mass is 9.70. The molecule has 174 valence electrons. The molecule has 2 heterocycles. The molecule has 0 saturated heterocycles. The number of carbonyl (C=O) groups is 3. The Labute approximate surface area is 192 Å². The van der Waals surface area contributed by atoms with Gasteiger partial charge in [0.15, 0.2) is 5.78 Å². The number of ketones is 1. The molecule has 1 aliphatic heterocycles. The van der Waals surface area contributed by atoms with E-state index in [1.165, 1.54) is 18.4 Å². The monoisotopic (exact) mass is 461 g/mol. The van der Waals surface area contributed by atoms with E-state index < -0.39 is 23.8 Å². The van der Waals surface area contributed by atoms with Crippen LogP contribution in [0.1, 0.15) is 49.8 Å². The van der Waals surface area contributed by atoms with E-state index in [-0.39, 0.29) is 24.4 Å². The van der Waals surface area contributed by atoms with Crippen LogP contribution in [0.25, 0.3) is 0 Å². The number of hydrogen-bond donors (Lipinski definition) is 1. The summed E-state index contributed by atoms with van der Waals surface area (Å²) < 4.78 is 15.9. The van der Waals surface area contributed by atoms with Crippen molar-refractivity contribution in [2.24, 2.45) is 11.8 Å². The van der Waals surface area contributed by atoms with Crippen LogP contribution in [0, 0.1) is 18.8 Å². The molecule has 2 aliphatic rings. The maximum atomic E-state index is 13.6. The second kappa shape index (κ2) is 10.0. The highest BCUT2D eigenvalue weighted by Crippen LogP contribution is 2.46. The standard InChI is InChI=1S/C24H31NO6S/c1-12(2)30-9-10-31-24(28)19-15(5)25-16-11-13(3)18(23(27)29-6)22(26)20(16)21(19)17-8-7-14(4)32-17/h7-8,12-13,18,21,25H,9-11H2,1-6H3/t13-,18+,21-/m1/s1. The fourth-order valence-electron chi connectivity index (χ4n) is 4.34. The van der Waals surface area contributed by atoms with Gasteiger partial charge < -0.3 is 19.5 Å². The molecule has 1 aromatic heterocycles. The molecule has 1 N–H and O–H groups in total. The number of allylic oxidation sites excluding steroid dienone is 3. The van der Waals surface area contributed by atoms with Gasteiger partial charge in [0.25, 0.3) is 0 Å². The third-order valence-corrected chi connectivity index (χ3v) is 6.84. The Balaban J connectivity index is 2.00. The second-order valence-electron chi connectivity index (χ2n) is 8.54. The van der Waals surface area contributed by atoms with Gasteiger partial charge in [0.2, 0.25) is 0 Å². The van der Waals surface area contributed by atoms with Crippen molar-refractivity contribution < 1.29 is 28.6 Å². The Bertz CT molecular complexity index is 973. The van der Waals surface area contributed by atoms with Crippen LogP contribution >= 0.6 is 11.3 Å². The number of hydrogen-bond acceptors (Lipinski definition) is 8. The quantitative estimate of drug-likeness (QED) is 0.377. The summed E-state index contributed by atoms with van der Waals surface area (Å²) >= 11 is 1.53. The number of nitrogens with one attached hydrogen (secondary N) is 1. The van der Waals surface area contributed by atoms with Gasteiger partial charge in [-0.2, -0.15) is 0 Å². The Morgan fingerprint density at radius 2 is 1.94 bits per heavy atom. The van der Waals surface area contributed by atoms with Crippen molar-refractivity contribution in [2.45, 2.75) is 53.1 Å². The molecule has 8 heteroatoms. The fourth-order valence-corrected chi connectivity index (χ4v) is 5.34. The number of methoxy groups -OCH3 is 1. The van der Waals surface area contributed by atoms with Crippen molar-refractivity contribution in [3.8, 4) is 0 Å². The van der Waals surface area contributed by atoms with Gasteiger partial charge in [-0.05, 0) is 52.2 Å². The van der Waals surface area contributed by atoms with Crippen molar-refractivity contribution in [1.82, 2.24) is 5.32 Å². The van der Waals surface area contributed by atoms with Gasteiger partial charge in [0.1, 0.15) is 12.5 Å². The molecule has 0 saturated carbocycles. The minimum atomic E-state index is -0.890. The van der Waals surface area contributed by atoms with Crippen molar-refractivity contribution >= 4 is 29.1 Å². The van der Waals surface area contributed by atoms with Gasteiger partial charge in [-0.1, -0.05) is 6.92 Å². The number of aryl methyl sites for hydroxylation is 1. The van der Waals surface area contributed by atoms with Gasteiger partial charge in [-0.3, -0.25) is 9.59 Å². The zero-order chi connectivity index (χ0) is 23.6. The Hall–Kier alpha value is -2.45. The highest BCUT2D eigenvalue weighted by Gasteiger charge is 2.47. The van der Waals surface area contributed by atoms with Gasteiger partial charge in [-0.15, -0.1) is 11.3 Å². The van der Waals surface area contributed by atoms with Crippen molar-refractivity contribution in [3.05, 3.63) is 44.4 Å². The van der Waals surface area contributed by atoms with Crippen molar-refractivity contribution in [3.63, 3.8) is 0 Å². The molecule has 0 fully saturated rings. The predicted molar refractivity (Wildman–Crippen MR) is 121 cm³/mol. The molecular weight excluding hydrogens is 430 g/mol. The molecule has 3 atom stereocenters. The van der Waals surface area contributed by atoms with Crippen molar-refractivity contribution in [2.75, 3.05) is 20.3 Å². The van der Waals surface area contributed by atoms with Crippen LogP contribution in [0.3, 0.4) is 0 Å². The molecule has 3 rings (SSSR count). The van der Waals surface area contributed by atoms with E-state index in [9.17, 15) is 14.4 Å². The minimum absolute atomic E-state index is 0.0395. The van der Waals surface area contributed by atoms with Crippen LogP contribution in [0.5, 0.6) is 0 Å². The molecule has 0 spiro atoms. The average molecular weight is 462 g/mol. The first-order chi connectivity index (χ1) is 15.1. The van der Waals surface area contributed by atoms with Crippen LogP contribution < -0.4 is 5.32 Å². The van der Waals surface area contributed by atoms with E-state index in [0.29, 0.717) is 29.9 Å². The summed E-state index contributed by atoms with van der Waals surface area (Å²) in [4.78, 5) is 41.1. The minimum Gasteiger partial charge on any atom is -0.468 e. The normalized spacial score (nSPS) is 23.2. The average Bonchev–Trinajstić information content (AvgIpc) is 3.15. The fraction of sp³-hybridized carbons (Fsp3) is 0.542. The van der Waals surface area contributed by atoms with Crippen LogP contribution in [0.4, 0.5) is 0 Å². The molecule has 0 unspecified atom stereocenters. The molecule has 0 radical (unpaired) electrons. The van der Waals surface area contributed by atoms with Crippen molar-refractivity contribution in [1.29, 1.82) is 0 Å². The van der Waals surface area contributed by atoms with Gasteiger partial charge >= 0.3 is 11.9 Å². The second-order valence-corrected chi connectivity index (χ2v) is 9.86. The summed E-state index contributed by atoms with van der Waals surface area (Å²) in [6, 6.07) is 3.90. The first-order valence-corrected chi connectivity index (χ1v) is 11.6. The molecule has 0 aromatic carbocycles. The first-order valence-electron chi connectivity index (χ1n) is 10.8. The number of rotatable bonds is 7. The number of esters is 2. The lowest BCUT2D eigenvalue weighted by Crippen LogP contribution is -2.43. The lowest BCUT2D eigenvalue weighted by molar-refractivity contribution is -0.151. The molecule has 1 aromatic rings. The van der Waals surface area contributed by atoms with E-state index in [1.807, 2.05) is 46.8 Å². The summed E-state index contributed by atoms with van der Waals surface area (Å²) in [7, 11) is 1.29. The zero-order valence-corrected chi connectivity index (χ0v) is 20.3. The summed E-state index contributed by atoms with van der Waals surface area (Å²) in [5.41, 5.74) is 2.26. The summed E-state index contributed by atoms with van der Waals surface area (Å²) in [6.07, 6.45) is 0.557. The van der Waals surface area contributed by atoms with Gasteiger partial charge in [0.05, 0.1) is 31.3 Å². The zero-order valence-electron chi connectivity index (χ0n) is 19.4. The van der Waals surface area contributed by atoms with E-state index in [1.54, 1.807) is 0 Å². The molecule has 1 aliphatic carbocycles. The smallest absolute Gasteiger partial charge is 0.336 e. The van der Waals surface area contributed by atoms with Crippen LogP contribution in [0.15, 0.2) is 34.7 Å². The Morgan fingerprint density at radius 1 is 1.22 bits per heavy atom. The highest BCUT2D eigenvalue weighted by molar-refractivity contribution is 7.12. The summed E-state index contributed by atoms with van der Waals surface area (Å²) in [5, 5.41) is 3.26. The van der Waals surface area contributed by atoms with Crippen LogP contribution in [-0.4, -0.2) is 44.1 Å².